The van der Waals surface area contributed by atoms with Gasteiger partial charge in [-0.25, -0.2) is 0 Å². The van der Waals surface area contributed by atoms with Gasteiger partial charge in [0, 0.05) is 5.33 Å². The van der Waals surface area contributed by atoms with Crippen molar-refractivity contribution >= 4 is 15.9 Å². The molecule has 0 N–H and O–H groups in total. The molecule has 0 aliphatic carbocycles. The lowest BCUT2D eigenvalue weighted by Gasteiger charge is -2.33. The van der Waals surface area contributed by atoms with E-state index in [1.54, 1.807) is 0 Å². The maximum absolute atomic E-state index is 5.98. The molecule has 1 saturated heterocycles. The summed E-state index contributed by atoms with van der Waals surface area (Å²) >= 11 is 3.73. The largest absolute Gasteiger partial charge is 0.375 e. The van der Waals surface area contributed by atoms with Gasteiger partial charge in [0.25, 0.3) is 0 Å². The lowest BCUT2D eigenvalue weighted by Crippen LogP contribution is -2.28. The summed E-state index contributed by atoms with van der Waals surface area (Å²) in [5.41, 5.74) is 0.477. The minimum atomic E-state index is 0.477. The van der Waals surface area contributed by atoms with Crippen LogP contribution in [-0.2, 0) is 4.74 Å². The standard InChI is InChI=1S/C14H27BrO/c1-4-6-9-14(5-2,11-15)10-13-8-7-12(3)16-13/h12-13H,4-11H2,1-3H3. The highest BCUT2D eigenvalue weighted by Crippen LogP contribution is 2.39. The molecule has 0 aromatic heterocycles. The van der Waals surface area contributed by atoms with E-state index >= 15 is 0 Å². The van der Waals surface area contributed by atoms with E-state index in [0.29, 0.717) is 17.6 Å². The van der Waals surface area contributed by atoms with Gasteiger partial charge in [-0.3, -0.25) is 0 Å². The van der Waals surface area contributed by atoms with Crippen molar-refractivity contribution in [2.45, 2.75) is 77.9 Å². The molecular formula is C14H27BrO. The summed E-state index contributed by atoms with van der Waals surface area (Å²) in [6, 6.07) is 0. The SMILES string of the molecule is CCCCC(CC)(CBr)CC1CCC(C)O1. The van der Waals surface area contributed by atoms with Crippen molar-refractivity contribution in [3.05, 3.63) is 0 Å². The molecular weight excluding hydrogens is 264 g/mol. The molecule has 16 heavy (non-hydrogen) atoms. The fourth-order valence-electron chi connectivity index (χ4n) is 2.71. The molecule has 1 aliphatic heterocycles. The average molecular weight is 291 g/mol. The second kappa shape index (κ2) is 7.00. The topological polar surface area (TPSA) is 9.23 Å². The third-order valence-electron chi connectivity index (χ3n) is 4.07. The Balaban J connectivity index is 2.48. The Labute approximate surface area is 109 Å². The zero-order valence-electron chi connectivity index (χ0n) is 11.1. The van der Waals surface area contributed by atoms with Gasteiger partial charge in [-0.15, -0.1) is 0 Å². The molecule has 0 amide bonds. The van der Waals surface area contributed by atoms with Crippen LogP contribution in [0.25, 0.3) is 0 Å². The molecule has 1 aliphatic rings. The molecule has 0 bridgehead atoms. The van der Waals surface area contributed by atoms with Crippen LogP contribution in [0.2, 0.25) is 0 Å². The van der Waals surface area contributed by atoms with E-state index in [0.717, 1.165) is 5.33 Å². The molecule has 1 rings (SSSR count). The van der Waals surface area contributed by atoms with Crippen LogP contribution in [-0.4, -0.2) is 17.5 Å². The fourth-order valence-corrected chi connectivity index (χ4v) is 3.61. The van der Waals surface area contributed by atoms with Crippen molar-refractivity contribution in [2.24, 2.45) is 5.41 Å². The molecule has 1 heterocycles. The molecule has 96 valence electrons. The molecule has 0 aromatic carbocycles. The summed E-state index contributed by atoms with van der Waals surface area (Å²) in [5.74, 6) is 0. The molecule has 0 spiro atoms. The van der Waals surface area contributed by atoms with E-state index in [1.165, 1.54) is 44.9 Å². The summed E-state index contributed by atoms with van der Waals surface area (Å²) in [6.45, 7) is 6.81. The van der Waals surface area contributed by atoms with Gasteiger partial charge >= 0.3 is 0 Å². The van der Waals surface area contributed by atoms with Crippen LogP contribution < -0.4 is 0 Å². The van der Waals surface area contributed by atoms with Crippen molar-refractivity contribution in [1.82, 2.24) is 0 Å². The fraction of sp³-hybridized carbons (Fsp3) is 1.00. The van der Waals surface area contributed by atoms with E-state index in [9.17, 15) is 0 Å². The summed E-state index contributed by atoms with van der Waals surface area (Å²) in [7, 11) is 0. The van der Waals surface area contributed by atoms with Crippen molar-refractivity contribution < 1.29 is 4.74 Å². The minimum absolute atomic E-state index is 0.477. The zero-order valence-corrected chi connectivity index (χ0v) is 12.7. The lowest BCUT2D eigenvalue weighted by molar-refractivity contribution is 0.0230. The van der Waals surface area contributed by atoms with E-state index in [4.69, 9.17) is 4.74 Å². The van der Waals surface area contributed by atoms with Crippen molar-refractivity contribution in [2.75, 3.05) is 5.33 Å². The van der Waals surface area contributed by atoms with Crippen LogP contribution in [0.4, 0.5) is 0 Å². The summed E-state index contributed by atoms with van der Waals surface area (Å²) in [6.07, 6.45) is 10.0. The molecule has 0 aromatic rings. The third-order valence-corrected chi connectivity index (χ3v) is 5.26. The van der Waals surface area contributed by atoms with Crippen molar-refractivity contribution in [1.29, 1.82) is 0 Å². The molecule has 3 atom stereocenters. The van der Waals surface area contributed by atoms with Gasteiger partial charge in [-0.2, -0.15) is 0 Å². The molecule has 3 unspecified atom stereocenters. The van der Waals surface area contributed by atoms with Gasteiger partial charge in [0.15, 0.2) is 0 Å². The Morgan fingerprint density at radius 3 is 2.50 bits per heavy atom. The number of ether oxygens (including phenoxy) is 1. The normalized spacial score (nSPS) is 29.2. The van der Waals surface area contributed by atoms with Crippen molar-refractivity contribution in [3.63, 3.8) is 0 Å². The lowest BCUT2D eigenvalue weighted by atomic mass is 9.77. The number of halogens is 1. The van der Waals surface area contributed by atoms with Crippen LogP contribution in [0.3, 0.4) is 0 Å². The van der Waals surface area contributed by atoms with E-state index in [-0.39, 0.29) is 0 Å². The Kier molecular flexibility index (Phi) is 6.35. The van der Waals surface area contributed by atoms with Gasteiger partial charge in [0.1, 0.15) is 0 Å². The monoisotopic (exact) mass is 290 g/mol. The van der Waals surface area contributed by atoms with E-state index in [1.807, 2.05) is 0 Å². The van der Waals surface area contributed by atoms with Gasteiger partial charge in [-0.1, -0.05) is 42.6 Å². The van der Waals surface area contributed by atoms with Crippen LogP contribution >= 0.6 is 15.9 Å². The molecule has 0 saturated carbocycles. The first-order valence-corrected chi connectivity index (χ1v) is 7.99. The van der Waals surface area contributed by atoms with Gasteiger partial charge in [0.05, 0.1) is 12.2 Å². The molecule has 1 fully saturated rings. The average Bonchev–Trinajstić information content (AvgIpc) is 2.70. The van der Waals surface area contributed by atoms with Crippen LogP contribution in [0, 0.1) is 5.41 Å². The van der Waals surface area contributed by atoms with E-state index < -0.39 is 0 Å². The second-order valence-electron chi connectivity index (χ2n) is 5.44. The second-order valence-corrected chi connectivity index (χ2v) is 6.00. The third kappa shape index (κ3) is 4.03. The quantitative estimate of drug-likeness (QED) is 0.605. The zero-order chi connectivity index (χ0) is 12.0. The Bertz CT molecular complexity index is 189. The minimum Gasteiger partial charge on any atom is -0.375 e. The molecule has 1 nitrogen and oxygen atoms in total. The highest BCUT2D eigenvalue weighted by Gasteiger charge is 2.33. The first-order valence-electron chi connectivity index (χ1n) is 6.87. The smallest absolute Gasteiger partial charge is 0.0585 e. The predicted molar refractivity (Wildman–Crippen MR) is 74.2 cm³/mol. The number of hydrogen-bond acceptors (Lipinski definition) is 1. The first-order chi connectivity index (χ1) is 7.65. The maximum atomic E-state index is 5.98. The Hall–Kier alpha value is 0.440. The van der Waals surface area contributed by atoms with Crippen LogP contribution in [0.5, 0.6) is 0 Å². The number of hydrogen-bond donors (Lipinski definition) is 0. The first kappa shape index (κ1) is 14.5. The highest BCUT2D eigenvalue weighted by molar-refractivity contribution is 9.09. The summed E-state index contributed by atoms with van der Waals surface area (Å²) in [4.78, 5) is 0. The van der Waals surface area contributed by atoms with Gasteiger partial charge in [-0.05, 0) is 44.4 Å². The highest BCUT2D eigenvalue weighted by atomic mass is 79.9. The number of rotatable bonds is 7. The Morgan fingerprint density at radius 1 is 1.31 bits per heavy atom. The molecule has 2 heteroatoms. The van der Waals surface area contributed by atoms with Crippen LogP contribution in [0.1, 0.15) is 65.7 Å². The predicted octanol–water partition coefficient (Wildman–Crippen LogP) is 4.93. The maximum Gasteiger partial charge on any atom is 0.0585 e. The summed E-state index contributed by atoms with van der Waals surface area (Å²) in [5, 5.41) is 1.13. The summed E-state index contributed by atoms with van der Waals surface area (Å²) < 4.78 is 5.98. The van der Waals surface area contributed by atoms with Gasteiger partial charge < -0.3 is 4.74 Å². The molecule has 0 radical (unpaired) electrons. The number of alkyl halides is 1. The van der Waals surface area contributed by atoms with Gasteiger partial charge in [0.2, 0.25) is 0 Å². The number of unbranched alkanes of at least 4 members (excludes halogenated alkanes) is 1. The van der Waals surface area contributed by atoms with Crippen molar-refractivity contribution in [3.8, 4) is 0 Å². The van der Waals surface area contributed by atoms with Crippen LogP contribution in [0.15, 0.2) is 0 Å². The van der Waals surface area contributed by atoms with E-state index in [2.05, 4.69) is 36.7 Å². The Morgan fingerprint density at radius 2 is 2.06 bits per heavy atom.